The standard InChI is InChI=1S/C12H13F3N2O4/c1-7(4-10(18)19)17-11(20)8-2-3-16-9(5-8)21-6-12(13,14)15/h2-3,5,7H,4,6H2,1H3,(H,17,20)(H,18,19). The van der Waals surface area contributed by atoms with Crippen LogP contribution in [0, 0.1) is 0 Å². The van der Waals surface area contributed by atoms with E-state index in [1.165, 1.54) is 13.0 Å². The van der Waals surface area contributed by atoms with Crippen molar-refractivity contribution in [2.45, 2.75) is 25.6 Å². The number of rotatable bonds is 6. The number of aliphatic carboxylic acids is 1. The van der Waals surface area contributed by atoms with E-state index < -0.39 is 30.7 Å². The zero-order valence-electron chi connectivity index (χ0n) is 11.0. The minimum absolute atomic E-state index is 0.0272. The van der Waals surface area contributed by atoms with Crippen LogP contribution in [0.2, 0.25) is 0 Å². The first kappa shape index (κ1) is 16.7. The number of carboxylic acid groups (broad SMARTS) is 1. The number of nitrogens with zero attached hydrogens (tertiary/aromatic N) is 1. The lowest BCUT2D eigenvalue weighted by Gasteiger charge is -2.12. The number of carboxylic acids is 1. The molecule has 0 radical (unpaired) electrons. The number of halogens is 3. The van der Waals surface area contributed by atoms with Crippen LogP contribution in [0.1, 0.15) is 23.7 Å². The van der Waals surface area contributed by atoms with Gasteiger partial charge in [0.2, 0.25) is 5.88 Å². The Labute approximate surface area is 117 Å². The van der Waals surface area contributed by atoms with Crippen LogP contribution in [0.25, 0.3) is 0 Å². The van der Waals surface area contributed by atoms with Gasteiger partial charge in [0.25, 0.3) is 5.91 Å². The second kappa shape index (κ2) is 6.91. The van der Waals surface area contributed by atoms with Gasteiger partial charge in [-0.15, -0.1) is 0 Å². The fraction of sp³-hybridized carbons (Fsp3) is 0.417. The number of carbonyl (C=O) groups is 2. The van der Waals surface area contributed by atoms with E-state index in [9.17, 15) is 22.8 Å². The maximum absolute atomic E-state index is 12.0. The molecule has 1 heterocycles. The van der Waals surface area contributed by atoms with Gasteiger partial charge in [-0.25, -0.2) is 4.98 Å². The predicted molar refractivity (Wildman–Crippen MR) is 65.0 cm³/mol. The molecule has 0 aliphatic rings. The zero-order valence-corrected chi connectivity index (χ0v) is 11.0. The highest BCUT2D eigenvalue weighted by molar-refractivity contribution is 5.94. The normalized spacial score (nSPS) is 12.6. The molecule has 1 rings (SSSR count). The highest BCUT2D eigenvalue weighted by Gasteiger charge is 2.28. The summed E-state index contributed by atoms with van der Waals surface area (Å²) in [5, 5.41) is 11.0. The van der Waals surface area contributed by atoms with Gasteiger partial charge in [0, 0.05) is 23.9 Å². The van der Waals surface area contributed by atoms with Crippen molar-refractivity contribution in [3.8, 4) is 5.88 Å². The number of amides is 1. The topological polar surface area (TPSA) is 88.5 Å². The number of nitrogens with one attached hydrogen (secondary N) is 1. The van der Waals surface area contributed by atoms with Crippen LogP contribution in [0.15, 0.2) is 18.3 Å². The number of ether oxygens (including phenoxy) is 1. The van der Waals surface area contributed by atoms with Gasteiger partial charge in [0.05, 0.1) is 6.42 Å². The molecule has 0 spiro atoms. The molecule has 0 bridgehead atoms. The van der Waals surface area contributed by atoms with Gasteiger partial charge in [-0.2, -0.15) is 13.2 Å². The van der Waals surface area contributed by atoms with E-state index in [1.807, 2.05) is 0 Å². The Kier molecular flexibility index (Phi) is 5.51. The third-order valence-electron chi connectivity index (χ3n) is 2.24. The van der Waals surface area contributed by atoms with Crippen LogP contribution in [0.5, 0.6) is 5.88 Å². The Hall–Kier alpha value is -2.32. The van der Waals surface area contributed by atoms with Crippen LogP contribution in [-0.4, -0.2) is 40.8 Å². The summed E-state index contributed by atoms with van der Waals surface area (Å²) >= 11 is 0. The van der Waals surface area contributed by atoms with Crippen LogP contribution >= 0.6 is 0 Å². The minimum atomic E-state index is -4.50. The molecule has 1 amide bonds. The molecule has 21 heavy (non-hydrogen) atoms. The molecule has 1 aromatic rings. The second-order valence-corrected chi connectivity index (χ2v) is 4.26. The van der Waals surface area contributed by atoms with E-state index in [2.05, 4.69) is 15.0 Å². The van der Waals surface area contributed by atoms with E-state index in [0.717, 1.165) is 12.3 Å². The van der Waals surface area contributed by atoms with E-state index >= 15 is 0 Å². The van der Waals surface area contributed by atoms with Gasteiger partial charge < -0.3 is 15.2 Å². The van der Waals surface area contributed by atoms with E-state index in [0.29, 0.717) is 0 Å². The molecule has 0 fully saturated rings. The minimum Gasteiger partial charge on any atom is -0.481 e. The van der Waals surface area contributed by atoms with Gasteiger partial charge >= 0.3 is 12.1 Å². The molecular weight excluding hydrogens is 293 g/mol. The maximum Gasteiger partial charge on any atom is 0.422 e. The monoisotopic (exact) mass is 306 g/mol. The third-order valence-corrected chi connectivity index (χ3v) is 2.24. The fourth-order valence-corrected chi connectivity index (χ4v) is 1.41. The SMILES string of the molecule is CC(CC(=O)O)NC(=O)c1ccnc(OCC(F)(F)F)c1. The van der Waals surface area contributed by atoms with Crippen LogP contribution < -0.4 is 10.1 Å². The van der Waals surface area contributed by atoms with Crippen molar-refractivity contribution in [1.29, 1.82) is 0 Å². The molecule has 0 aromatic carbocycles. The van der Waals surface area contributed by atoms with Crippen LogP contribution in [0.4, 0.5) is 13.2 Å². The second-order valence-electron chi connectivity index (χ2n) is 4.26. The van der Waals surface area contributed by atoms with E-state index in [-0.39, 0.29) is 17.9 Å². The maximum atomic E-state index is 12.0. The first-order chi connectivity index (χ1) is 9.67. The lowest BCUT2D eigenvalue weighted by Crippen LogP contribution is -2.34. The molecule has 2 N–H and O–H groups in total. The molecule has 0 saturated heterocycles. The van der Waals surface area contributed by atoms with Gasteiger partial charge in [0.1, 0.15) is 0 Å². The van der Waals surface area contributed by atoms with Crippen LogP contribution in [-0.2, 0) is 4.79 Å². The predicted octanol–water partition coefficient (Wildman–Crippen LogP) is 1.62. The molecule has 1 atom stereocenters. The van der Waals surface area contributed by atoms with Crippen molar-refractivity contribution in [1.82, 2.24) is 10.3 Å². The Morgan fingerprint density at radius 2 is 2.14 bits per heavy atom. The van der Waals surface area contributed by atoms with Gasteiger partial charge in [-0.3, -0.25) is 9.59 Å². The molecule has 0 aliphatic carbocycles. The Morgan fingerprint density at radius 3 is 2.71 bits per heavy atom. The number of aromatic nitrogens is 1. The summed E-state index contributed by atoms with van der Waals surface area (Å²) in [6, 6.07) is 1.71. The van der Waals surface area contributed by atoms with Crippen molar-refractivity contribution in [3.05, 3.63) is 23.9 Å². The average Bonchev–Trinajstić information content (AvgIpc) is 2.34. The molecule has 1 unspecified atom stereocenters. The van der Waals surface area contributed by atoms with Gasteiger partial charge in [0.15, 0.2) is 6.61 Å². The lowest BCUT2D eigenvalue weighted by molar-refractivity contribution is -0.154. The Morgan fingerprint density at radius 1 is 1.48 bits per heavy atom. The molecule has 1 aromatic heterocycles. The van der Waals surface area contributed by atoms with Gasteiger partial charge in [-0.05, 0) is 13.0 Å². The average molecular weight is 306 g/mol. The number of pyridine rings is 1. The first-order valence-electron chi connectivity index (χ1n) is 5.85. The molecule has 0 saturated carbocycles. The molecule has 0 aliphatic heterocycles. The Balaban J connectivity index is 2.66. The van der Waals surface area contributed by atoms with Crippen molar-refractivity contribution < 1.29 is 32.6 Å². The first-order valence-corrected chi connectivity index (χ1v) is 5.85. The highest BCUT2D eigenvalue weighted by atomic mass is 19.4. The summed E-state index contributed by atoms with van der Waals surface area (Å²) in [6.07, 6.45) is -3.65. The lowest BCUT2D eigenvalue weighted by atomic mass is 10.2. The van der Waals surface area contributed by atoms with Crippen molar-refractivity contribution in [2.75, 3.05) is 6.61 Å². The quantitative estimate of drug-likeness (QED) is 0.833. The summed E-state index contributed by atoms with van der Waals surface area (Å²) in [6.45, 7) is -0.0191. The summed E-state index contributed by atoms with van der Waals surface area (Å²) in [4.78, 5) is 25.8. The van der Waals surface area contributed by atoms with Crippen molar-refractivity contribution in [3.63, 3.8) is 0 Å². The smallest absolute Gasteiger partial charge is 0.422 e. The third kappa shape index (κ3) is 6.59. The number of hydrogen-bond acceptors (Lipinski definition) is 4. The number of alkyl halides is 3. The Bertz CT molecular complexity index is 519. The van der Waals surface area contributed by atoms with Gasteiger partial charge in [-0.1, -0.05) is 0 Å². The van der Waals surface area contributed by atoms with E-state index in [1.54, 1.807) is 0 Å². The highest BCUT2D eigenvalue weighted by Crippen LogP contribution is 2.17. The van der Waals surface area contributed by atoms with E-state index in [4.69, 9.17) is 5.11 Å². The summed E-state index contributed by atoms with van der Waals surface area (Å²) in [7, 11) is 0. The zero-order chi connectivity index (χ0) is 16.0. The van der Waals surface area contributed by atoms with Crippen LogP contribution in [0.3, 0.4) is 0 Å². The molecule has 6 nitrogen and oxygen atoms in total. The van der Waals surface area contributed by atoms with Crippen molar-refractivity contribution >= 4 is 11.9 Å². The largest absolute Gasteiger partial charge is 0.481 e. The summed E-state index contributed by atoms with van der Waals surface area (Å²) in [5.41, 5.74) is 0.0272. The molecule has 9 heteroatoms. The fourth-order valence-electron chi connectivity index (χ4n) is 1.41. The number of carbonyl (C=O) groups excluding carboxylic acids is 1. The van der Waals surface area contributed by atoms with Crippen molar-refractivity contribution in [2.24, 2.45) is 0 Å². The molecular formula is C12H13F3N2O4. The molecule has 116 valence electrons. The summed E-state index contributed by atoms with van der Waals surface area (Å²) < 4.78 is 40.4. The number of hydrogen-bond donors (Lipinski definition) is 2. The summed E-state index contributed by atoms with van der Waals surface area (Å²) in [5.74, 6) is -2.04.